The van der Waals surface area contributed by atoms with Crippen LogP contribution in [-0.4, -0.2) is 43.9 Å². The van der Waals surface area contributed by atoms with Gasteiger partial charge in [-0.2, -0.15) is 9.97 Å². The van der Waals surface area contributed by atoms with Gasteiger partial charge in [-0.05, 0) is 24.4 Å². The number of hydrogen-bond donors (Lipinski definition) is 3. The summed E-state index contributed by atoms with van der Waals surface area (Å²) in [5.74, 6) is 0.989. The van der Waals surface area contributed by atoms with Crippen molar-refractivity contribution in [1.82, 2.24) is 15.0 Å². The van der Waals surface area contributed by atoms with Crippen LogP contribution in [0.1, 0.15) is 39.4 Å². The molecule has 1 aliphatic carbocycles. The van der Waals surface area contributed by atoms with Gasteiger partial charge in [0, 0.05) is 25.0 Å². The molecule has 1 aliphatic rings. The van der Waals surface area contributed by atoms with E-state index < -0.39 is 6.10 Å². The molecule has 1 fully saturated rings. The van der Waals surface area contributed by atoms with Gasteiger partial charge >= 0.3 is 0 Å². The van der Waals surface area contributed by atoms with E-state index in [-0.39, 0.29) is 23.9 Å². The monoisotopic (exact) mass is 302 g/mol. The van der Waals surface area contributed by atoms with E-state index in [1.165, 1.54) is 0 Å². The molecule has 3 N–H and O–H groups in total. The molecule has 6 nitrogen and oxygen atoms in total. The Hall–Kier alpha value is -0.980. The molecule has 1 heterocycles. The maximum Gasteiger partial charge on any atom is 0.227 e. The predicted molar refractivity (Wildman–Crippen MR) is 78.8 cm³/mol. The van der Waals surface area contributed by atoms with Crippen LogP contribution in [0.25, 0.3) is 0 Å². The van der Waals surface area contributed by atoms with E-state index in [1.807, 2.05) is 20.8 Å². The van der Waals surface area contributed by atoms with E-state index in [0.717, 1.165) is 0 Å². The number of hydrogen-bond acceptors (Lipinski definition) is 6. The minimum atomic E-state index is -0.476. The van der Waals surface area contributed by atoms with Crippen LogP contribution < -0.4 is 5.32 Å². The first-order valence-electron chi connectivity index (χ1n) is 7.08. The maximum atomic E-state index is 9.71. The average Bonchev–Trinajstić information content (AvgIpc) is 2.80. The molecule has 7 heteroatoms. The highest BCUT2D eigenvalue weighted by Gasteiger charge is 2.32. The Bertz CT molecular complexity index is 419. The van der Waals surface area contributed by atoms with Gasteiger partial charge in [0.2, 0.25) is 11.2 Å². The van der Waals surface area contributed by atoms with Crippen molar-refractivity contribution in [3.05, 3.63) is 11.1 Å². The van der Waals surface area contributed by atoms with Crippen molar-refractivity contribution < 1.29 is 10.2 Å². The van der Waals surface area contributed by atoms with E-state index in [4.69, 9.17) is 16.7 Å². The van der Waals surface area contributed by atoms with E-state index in [0.29, 0.717) is 31.0 Å². The summed E-state index contributed by atoms with van der Waals surface area (Å²) in [4.78, 5) is 12.2. The first kappa shape index (κ1) is 17.1. The molecule has 3 atom stereocenters. The zero-order chi connectivity index (χ0) is 15.1. The number of aliphatic hydroxyl groups excluding tert-OH is 2. The van der Waals surface area contributed by atoms with Crippen molar-refractivity contribution in [3.8, 4) is 0 Å². The lowest BCUT2D eigenvalue weighted by atomic mass is 10.1. The molecule has 114 valence electrons. The summed E-state index contributed by atoms with van der Waals surface area (Å²) in [5.41, 5.74) is 0. The number of anilines is 1. The molecule has 0 saturated heterocycles. The lowest BCUT2D eigenvalue weighted by Gasteiger charge is -2.12. The minimum absolute atomic E-state index is 0.00247. The predicted octanol–water partition coefficient (Wildman–Crippen LogP) is 1.66. The Morgan fingerprint density at radius 3 is 2.50 bits per heavy atom. The standard InChI is InChI=1S/C11H17ClN4O2.C2H6/c1-2-9-14-10(12)16-11(15-9)13-7-3-6(5-17)8(18)4-7;1-2/h6-8,17-18H,2-5H2,1H3,(H,13,14,15,16);1-2H3/t6?,7?,8-;/m0./s1. The summed E-state index contributed by atoms with van der Waals surface area (Å²) in [6.07, 6.45) is 1.48. The van der Waals surface area contributed by atoms with Crippen molar-refractivity contribution in [1.29, 1.82) is 0 Å². The summed E-state index contributed by atoms with van der Waals surface area (Å²) in [6, 6.07) is 0.0559. The number of nitrogens with one attached hydrogen (secondary N) is 1. The van der Waals surface area contributed by atoms with Crippen LogP contribution in [0.15, 0.2) is 0 Å². The molecule has 1 aromatic rings. The van der Waals surface area contributed by atoms with Gasteiger partial charge in [-0.1, -0.05) is 20.8 Å². The largest absolute Gasteiger partial charge is 0.396 e. The Morgan fingerprint density at radius 1 is 1.25 bits per heavy atom. The number of rotatable bonds is 4. The Labute approximate surface area is 124 Å². The maximum absolute atomic E-state index is 9.71. The van der Waals surface area contributed by atoms with Crippen LogP contribution in [0, 0.1) is 5.92 Å². The van der Waals surface area contributed by atoms with Gasteiger partial charge in [0.15, 0.2) is 0 Å². The zero-order valence-corrected chi connectivity index (χ0v) is 12.9. The normalized spacial score (nSPS) is 25.0. The quantitative estimate of drug-likeness (QED) is 0.783. The van der Waals surface area contributed by atoms with Crippen LogP contribution >= 0.6 is 11.6 Å². The topological polar surface area (TPSA) is 91.2 Å². The highest BCUT2D eigenvalue weighted by atomic mass is 35.5. The van der Waals surface area contributed by atoms with Gasteiger partial charge in [0.25, 0.3) is 0 Å². The van der Waals surface area contributed by atoms with E-state index >= 15 is 0 Å². The average molecular weight is 303 g/mol. The van der Waals surface area contributed by atoms with Gasteiger partial charge in [0.1, 0.15) is 5.82 Å². The third-order valence-electron chi connectivity index (χ3n) is 3.20. The van der Waals surface area contributed by atoms with Gasteiger partial charge in [-0.25, -0.2) is 4.98 Å². The number of aromatic nitrogens is 3. The lowest BCUT2D eigenvalue weighted by Crippen LogP contribution is -2.19. The lowest BCUT2D eigenvalue weighted by molar-refractivity contribution is 0.0908. The number of aryl methyl sites for hydroxylation is 1. The number of aliphatic hydroxyl groups is 2. The Morgan fingerprint density at radius 2 is 1.95 bits per heavy atom. The van der Waals surface area contributed by atoms with Crippen molar-refractivity contribution in [2.24, 2.45) is 5.92 Å². The summed E-state index contributed by atoms with van der Waals surface area (Å²) >= 11 is 5.81. The summed E-state index contributed by atoms with van der Waals surface area (Å²) in [7, 11) is 0. The van der Waals surface area contributed by atoms with Crippen molar-refractivity contribution in [3.63, 3.8) is 0 Å². The number of halogens is 1. The van der Waals surface area contributed by atoms with E-state index in [1.54, 1.807) is 0 Å². The fourth-order valence-corrected chi connectivity index (χ4v) is 2.39. The van der Waals surface area contributed by atoms with Crippen LogP contribution in [0.2, 0.25) is 5.28 Å². The van der Waals surface area contributed by atoms with Crippen LogP contribution in [0.4, 0.5) is 5.95 Å². The van der Waals surface area contributed by atoms with Gasteiger partial charge in [0.05, 0.1) is 6.10 Å². The molecule has 0 amide bonds. The summed E-state index contributed by atoms with van der Waals surface area (Å²) < 4.78 is 0. The Balaban J connectivity index is 0.000000956. The first-order valence-corrected chi connectivity index (χ1v) is 7.46. The second kappa shape index (κ2) is 8.34. The second-order valence-corrected chi connectivity index (χ2v) is 4.86. The Kier molecular flexibility index (Phi) is 7.12. The molecule has 0 radical (unpaired) electrons. The van der Waals surface area contributed by atoms with Crippen LogP contribution in [0.3, 0.4) is 0 Å². The third-order valence-corrected chi connectivity index (χ3v) is 3.36. The van der Waals surface area contributed by atoms with Crippen molar-refractivity contribution >= 4 is 17.5 Å². The molecule has 2 unspecified atom stereocenters. The van der Waals surface area contributed by atoms with Gasteiger partial charge in [-0.3, -0.25) is 0 Å². The van der Waals surface area contributed by atoms with Crippen LogP contribution in [0.5, 0.6) is 0 Å². The van der Waals surface area contributed by atoms with Crippen molar-refractivity contribution in [2.75, 3.05) is 11.9 Å². The van der Waals surface area contributed by atoms with E-state index in [2.05, 4.69) is 20.3 Å². The number of nitrogens with zero attached hydrogens (tertiary/aromatic N) is 3. The summed E-state index contributed by atoms with van der Waals surface area (Å²) in [6.45, 7) is 5.94. The fourth-order valence-electron chi connectivity index (χ4n) is 2.21. The minimum Gasteiger partial charge on any atom is -0.396 e. The zero-order valence-electron chi connectivity index (χ0n) is 12.2. The molecule has 1 saturated carbocycles. The highest BCUT2D eigenvalue weighted by molar-refractivity contribution is 6.28. The molecule has 0 aromatic carbocycles. The summed E-state index contributed by atoms with van der Waals surface area (Å²) in [5, 5.41) is 22.1. The fraction of sp³-hybridized carbons (Fsp3) is 0.769. The first-order chi connectivity index (χ1) is 9.62. The van der Waals surface area contributed by atoms with Crippen molar-refractivity contribution in [2.45, 2.75) is 52.2 Å². The SMILES string of the molecule is CC.CCc1nc(Cl)nc(NC2CC(CO)[C@@H](O)C2)n1. The molecule has 0 spiro atoms. The van der Waals surface area contributed by atoms with Gasteiger partial charge < -0.3 is 15.5 Å². The third kappa shape index (κ3) is 4.54. The molecule has 20 heavy (non-hydrogen) atoms. The molecule has 0 aliphatic heterocycles. The smallest absolute Gasteiger partial charge is 0.227 e. The van der Waals surface area contributed by atoms with Crippen LogP contribution in [-0.2, 0) is 6.42 Å². The van der Waals surface area contributed by atoms with E-state index in [9.17, 15) is 5.11 Å². The molecule has 1 aromatic heterocycles. The highest BCUT2D eigenvalue weighted by Crippen LogP contribution is 2.27. The molecule has 0 bridgehead atoms. The molecular formula is C13H23ClN4O2. The molecular weight excluding hydrogens is 280 g/mol. The van der Waals surface area contributed by atoms with Gasteiger partial charge in [-0.15, -0.1) is 0 Å². The second-order valence-electron chi connectivity index (χ2n) is 4.52. The molecule has 2 rings (SSSR count).